The van der Waals surface area contributed by atoms with Crippen LogP contribution >= 0.6 is 0 Å². The van der Waals surface area contributed by atoms with Crippen molar-refractivity contribution in [2.24, 2.45) is 11.8 Å². The number of rotatable bonds is 7. The van der Waals surface area contributed by atoms with Gasteiger partial charge in [-0.1, -0.05) is 24.3 Å². The minimum absolute atomic E-state index is 0.315. The molecule has 2 saturated heterocycles. The fourth-order valence-corrected chi connectivity index (χ4v) is 2.91. The van der Waals surface area contributed by atoms with Crippen LogP contribution < -0.4 is 0 Å². The molecule has 28 heavy (non-hydrogen) atoms. The average molecular weight is 382 g/mol. The van der Waals surface area contributed by atoms with Gasteiger partial charge in [0.15, 0.2) is 0 Å². The third-order valence-corrected chi connectivity index (χ3v) is 4.89. The van der Waals surface area contributed by atoms with Gasteiger partial charge in [-0.15, -0.1) is 0 Å². The number of carbonyl (C=O) groups excluding carboxylic acids is 2. The summed E-state index contributed by atoms with van der Waals surface area (Å²) < 4.78 is 20.7. The maximum Gasteiger partial charge on any atom is 0.338 e. The third kappa shape index (κ3) is 4.40. The standard InChI is InChI=1S/C22H22O6/c23-21(27-13-15-9-25-10-15)19-5-1-17(2-6-19)18-3-7-20(8-4-18)22(24)28-14-16-11-26-12-16/h1-8,15-16H,9-14H2. The Morgan fingerprint density at radius 3 is 1.32 bits per heavy atom. The highest BCUT2D eigenvalue weighted by Crippen LogP contribution is 2.22. The Kier molecular flexibility index (Phi) is 5.69. The molecule has 6 nitrogen and oxygen atoms in total. The van der Waals surface area contributed by atoms with Gasteiger partial charge in [0.2, 0.25) is 0 Å². The summed E-state index contributed by atoms with van der Waals surface area (Å²) in [6, 6.07) is 14.5. The van der Waals surface area contributed by atoms with Crippen LogP contribution in [0.25, 0.3) is 11.1 Å². The van der Waals surface area contributed by atoms with Gasteiger partial charge in [-0.25, -0.2) is 9.59 Å². The summed E-state index contributed by atoms with van der Waals surface area (Å²) in [7, 11) is 0. The van der Waals surface area contributed by atoms with Crippen molar-refractivity contribution in [2.45, 2.75) is 0 Å². The SMILES string of the molecule is O=C(OCC1COC1)c1ccc(-c2ccc(C(=O)OCC3COC3)cc2)cc1. The second-order valence-corrected chi connectivity index (χ2v) is 7.16. The minimum Gasteiger partial charge on any atom is -0.462 e. The summed E-state index contributed by atoms with van der Waals surface area (Å²) in [6.45, 7) is 3.42. The maximum absolute atomic E-state index is 12.1. The lowest BCUT2D eigenvalue weighted by Crippen LogP contribution is -2.32. The highest BCUT2D eigenvalue weighted by Gasteiger charge is 2.21. The highest BCUT2D eigenvalue weighted by molar-refractivity contribution is 5.91. The smallest absolute Gasteiger partial charge is 0.338 e. The van der Waals surface area contributed by atoms with Gasteiger partial charge in [-0.2, -0.15) is 0 Å². The topological polar surface area (TPSA) is 71.1 Å². The van der Waals surface area contributed by atoms with E-state index in [1.165, 1.54) is 0 Å². The number of esters is 2. The molecule has 146 valence electrons. The van der Waals surface area contributed by atoms with E-state index in [2.05, 4.69) is 0 Å². The van der Waals surface area contributed by atoms with E-state index in [9.17, 15) is 9.59 Å². The zero-order valence-corrected chi connectivity index (χ0v) is 15.5. The molecule has 0 unspecified atom stereocenters. The minimum atomic E-state index is -0.326. The molecule has 2 aliphatic heterocycles. The van der Waals surface area contributed by atoms with E-state index in [1.807, 2.05) is 24.3 Å². The summed E-state index contributed by atoms with van der Waals surface area (Å²) in [5, 5.41) is 0. The lowest BCUT2D eigenvalue weighted by atomic mass is 10.0. The van der Waals surface area contributed by atoms with Gasteiger partial charge in [0.25, 0.3) is 0 Å². The second-order valence-electron chi connectivity index (χ2n) is 7.16. The van der Waals surface area contributed by atoms with Gasteiger partial charge in [-0.05, 0) is 35.4 Å². The van der Waals surface area contributed by atoms with E-state index in [1.54, 1.807) is 24.3 Å². The Morgan fingerprint density at radius 2 is 1.04 bits per heavy atom. The third-order valence-electron chi connectivity index (χ3n) is 4.89. The van der Waals surface area contributed by atoms with E-state index in [0.717, 1.165) is 11.1 Å². The predicted molar refractivity (Wildman–Crippen MR) is 101 cm³/mol. The summed E-state index contributed by atoms with van der Waals surface area (Å²) in [5.74, 6) is -0.0206. The number of benzene rings is 2. The molecule has 0 N–H and O–H groups in total. The molecule has 0 amide bonds. The zero-order chi connectivity index (χ0) is 19.3. The molecule has 0 atom stereocenters. The van der Waals surface area contributed by atoms with Crippen LogP contribution in [0.5, 0.6) is 0 Å². The largest absolute Gasteiger partial charge is 0.462 e. The van der Waals surface area contributed by atoms with Crippen molar-refractivity contribution in [1.29, 1.82) is 0 Å². The first-order valence-electron chi connectivity index (χ1n) is 9.39. The Labute approximate surface area is 163 Å². The number of carbonyl (C=O) groups is 2. The van der Waals surface area contributed by atoms with E-state index >= 15 is 0 Å². The van der Waals surface area contributed by atoms with Gasteiger partial charge < -0.3 is 18.9 Å². The zero-order valence-electron chi connectivity index (χ0n) is 15.5. The van der Waals surface area contributed by atoms with Crippen molar-refractivity contribution < 1.29 is 28.5 Å². The van der Waals surface area contributed by atoms with Gasteiger partial charge >= 0.3 is 11.9 Å². The lowest BCUT2D eigenvalue weighted by Gasteiger charge is -2.25. The molecule has 0 aliphatic carbocycles. The molecule has 0 spiro atoms. The molecule has 0 saturated carbocycles. The van der Waals surface area contributed by atoms with E-state index < -0.39 is 0 Å². The van der Waals surface area contributed by atoms with Crippen molar-refractivity contribution >= 4 is 11.9 Å². The highest BCUT2D eigenvalue weighted by atomic mass is 16.6. The normalized spacial score (nSPS) is 16.7. The molecule has 2 aromatic rings. The molecular formula is C22H22O6. The van der Waals surface area contributed by atoms with Crippen LogP contribution in [-0.2, 0) is 18.9 Å². The Hall–Kier alpha value is -2.70. The lowest BCUT2D eigenvalue weighted by molar-refractivity contribution is -0.0616. The van der Waals surface area contributed by atoms with Gasteiger partial charge in [-0.3, -0.25) is 0 Å². The predicted octanol–water partition coefficient (Wildman–Crippen LogP) is 2.96. The molecule has 2 fully saturated rings. The number of ether oxygens (including phenoxy) is 4. The van der Waals surface area contributed by atoms with E-state index in [-0.39, 0.29) is 11.9 Å². The number of hydrogen-bond acceptors (Lipinski definition) is 6. The quantitative estimate of drug-likeness (QED) is 0.686. The van der Waals surface area contributed by atoms with Crippen molar-refractivity contribution in [1.82, 2.24) is 0 Å². The first-order chi connectivity index (χ1) is 13.7. The molecule has 2 aromatic carbocycles. The van der Waals surface area contributed by atoms with E-state index in [0.29, 0.717) is 62.6 Å². The van der Waals surface area contributed by atoms with Gasteiger partial charge in [0.05, 0.1) is 50.8 Å². The van der Waals surface area contributed by atoms with Crippen LogP contribution in [0.15, 0.2) is 48.5 Å². The Balaban J connectivity index is 1.32. The van der Waals surface area contributed by atoms with Crippen LogP contribution in [0.4, 0.5) is 0 Å². The molecule has 0 radical (unpaired) electrons. The average Bonchev–Trinajstić information content (AvgIpc) is 2.65. The fraction of sp³-hybridized carbons (Fsp3) is 0.364. The first-order valence-corrected chi connectivity index (χ1v) is 9.39. The molecular weight excluding hydrogens is 360 g/mol. The Bertz CT molecular complexity index is 748. The molecule has 0 aromatic heterocycles. The van der Waals surface area contributed by atoms with Crippen LogP contribution in [0, 0.1) is 11.8 Å². The van der Waals surface area contributed by atoms with E-state index in [4.69, 9.17) is 18.9 Å². The summed E-state index contributed by atoms with van der Waals surface area (Å²) >= 11 is 0. The summed E-state index contributed by atoms with van der Waals surface area (Å²) in [4.78, 5) is 24.1. The molecule has 4 rings (SSSR count). The van der Waals surface area contributed by atoms with Gasteiger partial charge in [0.1, 0.15) is 0 Å². The van der Waals surface area contributed by atoms with Crippen molar-refractivity contribution in [3.8, 4) is 11.1 Å². The first kappa shape index (κ1) is 18.7. The fourth-order valence-electron chi connectivity index (χ4n) is 2.91. The summed E-state index contributed by atoms with van der Waals surface area (Å²) in [6.07, 6.45) is 0. The summed E-state index contributed by atoms with van der Waals surface area (Å²) in [5.41, 5.74) is 2.94. The van der Waals surface area contributed by atoms with Crippen molar-refractivity contribution in [2.75, 3.05) is 39.6 Å². The van der Waals surface area contributed by atoms with Crippen molar-refractivity contribution in [3.05, 3.63) is 59.7 Å². The molecule has 2 heterocycles. The van der Waals surface area contributed by atoms with Crippen LogP contribution in [0.3, 0.4) is 0 Å². The van der Waals surface area contributed by atoms with Gasteiger partial charge in [0, 0.05) is 11.8 Å². The molecule has 0 bridgehead atoms. The number of hydrogen-bond donors (Lipinski definition) is 0. The van der Waals surface area contributed by atoms with Crippen molar-refractivity contribution in [3.63, 3.8) is 0 Å². The van der Waals surface area contributed by atoms with Crippen LogP contribution in [-0.4, -0.2) is 51.6 Å². The van der Waals surface area contributed by atoms with Crippen LogP contribution in [0.1, 0.15) is 20.7 Å². The maximum atomic E-state index is 12.1. The molecule has 6 heteroatoms. The van der Waals surface area contributed by atoms with Crippen LogP contribution in [0.2, 0.25) is 0 Å². The monoisotopic (exact) mass is 382 g/mol. The Morgan fingerprint density at radius 1 is 0.679 bits per heavy atom. The second kappa shape index (κ2) is 8.54. The molecule has 2 aliphatic rings.